The molecule has 1 atom stereocenters. The van der Waals surface area contributed by atoms with Crippen LogP contribution in [0.15, 0.2) is 16.6 Å². The first kappa shape index (κ1) is 12.5. The Kier molecular flexibility index (Phi) is 3.59. The highest BCUT2D eigenvalue weighted by Gasteiger charge is 2.29. The van der Waals surface area contributed by atoms with Gasteiger partial charge in [-0.1, -0.05) is 15.9 Å². The summed E-state index contributed by atoms with van der Waals surface area (Å²) in [5, 5.41) is 13.1. The van der Waals surface area contributed by atoms with E-state index in [-0.39, 0.29) is 6.10 Å². The predicted molar refractivity (Wildman–Crippen MR) is 73.8 cm³/mol. The lowest BCUT2D eigenvalue weighted by Gasteiger charge is -2.13. The number of ether oxygens (including phenoxy) is 1. The van der Waals surface area contributed by atoms with Crippen molar-refractivity contribution in [3.8, 4) is 5.75 Å². The zero-order valence-corrected chi connectivity index (χ0v) is 11.9. The lowest BCUT2D eigenvalue weighted by atomic mass is 10.1. The molecule has 3 rings (SSSR count). The molecular weight excluding hydrogens is 294 g/mol. The van der Waals surface area contributed by atoms with Crippen molar-refractivity contribution in [2.45, 2.75) is 31.9 Å². The van der Waals surface area contributed by atoms with Crippen LogP contribution in [0.25, 0.3) is 0 Å². The minimum Gasteiger partial charge on any atom is -0.493 e. The second-order valence-corrected chi connectivity index (χ2v) is 6.10. The zero-order chi connectivity index (χ0) is 12.5. The van der Waals surface area contributed by atoms with Crippen molar-refractivity contribution in [1.82, 2.24) is 5.32 Å². The second kappa shape index (κ2) is 5.19. The Morgan fingerprint density at radius 2 is 2.28 bits per heavy atom. The summed E-state index contributed by atoms with van der Waals surface area (Å²) in [6, 6.07) is 4.23. The molecule has 2 aliphatic rings. The van der Waals surface area contributed by atoms with Crippen molar-refractivity contribution in [2.24, 2.45) is 5.92 Å². The molecule has 18 heavy (non-hydrogen) atoms. The third kappa shape index (κ3) is 2.71. The van der Waals surface area contributed by atoms with E-state index in [0.29, 0.717) is 12.5 Å². The topological polar surface area (TPSA) is 41.5 Å². The number of halogens is 1. The summed E-state index contributed by atoms with van der Waals surface area (Å²) in [4.78, 5) is 0. The monoisotopic (exact) mass is 311 g/mol. The van der Waals surface area contributed by atoms with Gasteiger partial charge in [0.15, 0.2) is 0 Å². The molecule has 2 N–H and O–H groups in total. The number of hydrogen-bond acceptors (Lipinski definition) is 3. The van der Waals surface area contributed by atoms with Gasteiger partial charge in [0, 0.05) is 29.5 Å². The lowest BCUT2D eigenvalue weighted by Crippen LogP contribution is -2.27. The molecule has 0 bridgehead atoms. The van der Waals surface area contributed by atoms with Crippen LogP contribution in [0, 0.1) is 5.92 Å². The first-order chi connectivity index (χ1) is 8.74. The number of hydrogen-bond donors (Lipinski definition) is 2. The Morgan fingerprint density at radius 1 is 1.44 bits per heavy atom. The van der Waals surface area contributed by atoms with Gasteiger partial charge in [-0.05, 0) is 36.5 Å². The van der Waals surface area contributed by atoms with Crippen LogP contribution in [0.5, 0.6) is 5.75 Å². The molecule has 1 aromatic rings. The molecule has 1 heterocycles. The van der Waals surface area contributed by atoms with E-state index in [1.165, 1.54) is 24.0 Å². The normalized spacial score (nSPS) is 19.4. The summed E-state index contributed by atoms with van der Waals surface area (Å²) in [7, 11) is 0. The summed E-state index contributed by atoms with van der Waals surface area (Å²) < 4.78 is 6.78. The van der Waals surface area contributed by atoms with Crippen molar-refractivity contribution in [1.29, 1.82) is 0 Å². The van der Waals surface area contributed by atoms with Gasteiger partial charge in [-0.25, -0.2) is 0 Å². The molecule has 1 aromatic carbocycles. The molecule has 3 nitrogen and oxygen atoms in total. The Bertz CT molecular complexity index is 446. The van der Waals surface area contributed by atoms with E-state index in [4.69, 9.17) is 4.74 Å². The van der Waals surface area contributed by atoms with Crippen molar-refractivity contribution in [3.63, 3.8) is 0 Å². The van der Waals surface area contributed by atoms with E-state index >= 15 is 0 Å². The highest BCUT2D eigenvalue weighted by atomic mass is 79.9. The van der Waals surface area contributed by atoms with Crippen LogP contribution in [-0.2, 0) is 13.0 Å². The summed E-state index contributed by atoms with van der Waals surface area (Å²) in [6.45, 7) is 2.21. The van der Waals surface area contributed by atoms with Crippen LogP contribution in [0.1, 0.15) is 24.0 Å². The molecule has 0 spiro atoms. The van der Waals surface area contributed by atoms with Crippen LogP contribution in [0.3, 0.4) is 0 Å². The second-order valence-electron chi connectivity index (χ2n) is 5.19. The summed E-state index contributed by atoms with van der Waals surface area (Å²) >= 11 is 3.54. The van der Waals surface area contributed by atoms with E-state index in [2.05, 4.69) is 33.4 Å². The molecule has 98 valence electrons. The Morgan fingerprint density at radius 3 is 3.06 bits per heavy atom. The molecule has 1 aliphatic heterocycles. The van der Waals surface area contributed by atoms with E-state index in [1.807, 2.05) is 0 Å². The van der Waals surface area contributed by atoms with Crippen molar-refractivity contribution >= 4 is 15.9 Å². The van der Waals surface area contributed by atoms with Crippen molar-refractivity contribution < 1.29 is 9.84 Å². The van der Waals surface area contributed by atoms with E-state index < -0.39 is 0 Å². The van der Waals surface area contributed by atoms with Crippen LogP contribution < -0.4 is 10.1 Å². The molecule has 0 radical (unpaired) electrons. The fourth-order valence-electron chi connectivity index (χ4n) is 2.48. The molecular formula is C14H18BrNO2. The predicted octanol–water partition coefficient (Wildman–Crippen LogP) is 2.24. The van der Waals surface area contributed by atoms with Gasteiger partial charge in [0.25, 0.3) is 0 Å². The summed E-state index contributed by atoms with van der Waals surface area (Å²) in [6.07, 6.45) is 3.16. The summed E-state index contributed by atoms with van der Waals surface area (Å²) in [5.41, 5.74) is 2.46. The highest BCUT2D eigenvalue weighted by Crippen LogP contribution is 2.34. The first-order valence-electron chi connectivity index (χ1n) is 6.57. The van der Waals surface area contributed by atoms with Crippen LogP contribution in [-0.4, -0.2) is 24.4 Å². The number of nitrogens with one attached hydrogen (secondary N) is 1. The number of aliphatic hydroxyl groups is 1. The Balaban J connectivity index is 1.61. The molecule has 1 aliphatic carbocycles. The standard InChI is InChI=1S/C14H18BrNO2/c15-12-5-10-3-4-18-14(10)11(6-12)7-16-8-13(17)9-1-2-9/h5-6,9,13,16-17H,1-4,7-8H2. The Hall–Kier alpha value is -0.580. The van der Waals surface area contributed by atoms with Crippen LogP contribution in [0.2, 0.25) is 0 Å². The van der Waals surface area contributed by atoms with Gasteiger partial charge < -0.3 is 15.2 Å². The molecule has 0 amide bonds. The average Bonchev–Trinajstić information content (AvgIpc) is 3.08. The SMILES string of the molecule is OC(CNCc1cc(Br)cc2c1OCC2)C1CC1. The van der Waals surface area contributed by atoms with Gasteiger partial charge in [0.05, 0.1) is 12.7 Å². The zero-order valence-electron chi connectivity index (χ0n) is 10.3. The molecule has 4 heteroatoms. The van der Waals surface area contributed by atoms with Gasteiger partial charge in [-0.3, -0.25) is 0 Å². The van der Waals surface area contributed by atoms with Gasteiger partial charge in [-0.2, -0.15) is 0 Å². The largest absolute Gasteiger partial charge is 0.493 e. The molecule has 0 aromatic heterocycles. The van der Waals surface area contributed by atoms with E-state index in [0.717, 1.165) is 29.8 Å². The minimum atomic E-state index is -0.189. The van der Waals surface area contributed by atoms with E-state index in [9.17, 15) is 5.11 Å². The number of benzene rings is 1. The first-order valence-corrected chi connectivity index (χ1v) is 7.36. The van der Waals surface area contributed by atoms with Crippen LogP contribution in [0.4, 0.5) is 0 Å². The fourth-order valence-corrected chi connectivity index (χ4v) is 3.03. The quantitative estimate of drug-likeness (QED) is 0.876. The molecule has 0 saturated heterocycles. The fraction of sp³-hybridized carbons (Fsp3) is 0.571. The smallest absolute Gasteiger partial charge is 0.127 e. The van der Waals surface area contributed by atoms with Gasteiger partial charge in [0.1, 0.15) is 5.75 Å². The molecule has 1 fully saturated rings. The number of rotatable bonds is 5. The molecule has 1 saturated carbocycles. The number of aliphatic hydroxyl groups excluding tert-OH is 1. The number of fused-ring (bicyclic) bond motifs is 1. The summed E-state index contributed by atoms with van der Waals surface area (Å²) in [5.74, 6) is 1.56. The van der Waals surface area contributed by atoms with Gasteiger partial charge in [-0.15, -0.1) is 0 Å². The Labute approximate surface area is 116 Å². The van der Waals surface area contributed by atoms with Gasteiger partial charge >= 0.3 is 0 Å². The maximum absolute atomic E-state index is 9.81. The lowest BCUT2D eigenvalue weighted by molar-refractivity contribution is 0.148. The van der Waals surface area contributed by atoms with Crippen LogP contribution >= 0.6 is 15.9 Å². The van der Waals surface area contributed by atoms with Crippen molar-refractivity contribution in [2.75, 3.05) is 13.2 Å². The van der Waals surface area contributed by atoms with Gasteiger partial charge in [0.2, 0.25) is 0 Å². The third-order valence-corrected chi connectivity index (χ3v) is 4.12. The molecule has 1 unspecified atom stereocenters. The maximum Gasteiger partial charge on any atom is 0.127 e. The minimum absolute atomic E-state index is 0.189. The van der Waals surface area contributed by atoms with Crippen molar-refractivity contribution in [3.05, 3.63) is 27.7 Å². The maximum atomic E-state index is 9.81. The van der Waals surface area contributed by atoms with E-state index in [1.54, 1.807) is 0 Å². The highest BCUT2D eigenvalue weighted by molar-refractivity contribution is 9.10. The third-order valence-electron chi connectivity index (χ3n) is 3.66. The average molecular weight is 312 g/mol.